The van der Waals surface area contributed by atoms with Gasteiger partial charge in [-0.1, -0.05) is 24.3 Å². The molecule has 1 aromatic heterocycles. The van der Waals surface area contributed by atoms with Gasteiger partial charge >= 0.3 is 0 Å². The Labute approximate surface area is 88.3 Å². The molecule has 2 N–H and O–H groups in total. The van der Waals surface area contributed by atoms with Gasteiger partial charge in [-0.15, -0.1) is 12.4 Å². The fourth-order valence-electron chi connectivity index (χ4n) is 1.27. The van der Waals surface area contributed by atoms with Gasteiger partial charge in [0.25, 0.3) is 0 Å². The maximum absolute atomic E-state index is 4.96. The molecule has 0 saturated heterocycles. The summed E-state index contributed by atoms with van der Waals surface area (Å²) in [5, 5.41) is 1.13. The first kappa shape index (κ1) is 10.9. The van der Waals surface area contributed by atoms with Crippen molar-refractivity contribution in [3.63, 3.8) is 0 Å². The van der Waals surface area contributed by atoms with Crippen molar-refractivity contribution in [2.75, 3.05) is 0 Å². The molecule has 0 atom stereocenters. The highest BCUT2D eigenvalue weighted by Crippen LogP contribution is 2.11. The third-order valence-electron chi connectivity index (χ3n) is 1.89. The second-order valence-electron chi connectivity index (χ2n) is 2.81. The lowest BCUT2D eigenvalue weighted by molar-refractivity contribution is 0.121. The zero-order valence-electron chi connectivity index (χ0n) is 7.51. The number of hydrogen-bond acceptors (Lipinski definition) is 3. The molecule has 0 amide bonds. The molecule has 0 unspecified atom stereocenters. The highest BCUT2D eigenvalue weighted by molar-refractivity contribution is 5.85. The summed E-state index contributed by atoms with van der Waals surface area (Å²) in [5.41, 5.74) is 1.82. The average molecular weight is 211 g/mol. The van der Waals surface area contributed by atoms with E-state index in [9.17, 15) is 0 Å². The number of fused-ring (bicyclic) bond motifs is 1. The first-order chi connectivity index (χ1) is 6.40. The van der Waals surface area contributed by atoms with Crippen LogP contribution in [0, 0.1) is 0 Å². The lowest BCUT2D eigenvalue weighted by atomic mass is 10.2. The van der Waals surface area contributed by atoms with E-state index in [1.807, 2.05) is 36.4 Å². The number of nitrogens with zero attached hydrogens (tertiary/aromatic N) is 1. The average Bonchev–Trinajstić information content (AvgIpc) is 2.18. The smallest absolute Gasteiger partial charge is 0.110 e. The first-order valence-corrected chi connectivity index (χ1v) is 4.06. The normalized spacial score (nSPS) is 9.79. The number of rotatable bonds is 2. The lowest BCUT2D eigenvalue weighted by Gasteiger charge is -2.00. The maximum atomic E-state index is 4.96. The Morgan fingerprint density at radius 2 is 1.93 bits per heavy atom. The largest absolute Gasteiger partial charge is 0.298 e. The third-order valence-corrected chi connectivity index (χ3v) is 1.89. The van der Waals surface area contributed by atoms with Gasteiger partial charge in [-0.05, 0) is 12.1 Å². The molecule has 0 bridgehead atoms. The molecule has 0 spiro atoms. The predicted octanol–water partition coefficient (Wildman–Crippen LogP) is 2.05. The molecule has 0 fully saturated rings. The molecule has 0 saturated carbocycles. The van der Waals surface area contributed by atoms with Crippen LogP contribution in [-0.2, 0) is 11.4 Å². The van der Waals surface area contributed by atoms with Crippen LogP contribution in [0.5, 0.6) is 0 Å². The highest BCUT2D eigenvalue weighted by Gasteiger charge is 1.96. The molecule has 2 rings (SSSR count). The molecule has 1 aromatic carbocycles. The number of pyridine rings is 1. The highest BCUT2D eigenvalue weighted by atomic mass is 35.5. The Balaban J connectivity index is 0.000000980. The number of aromatic nitrogens is 1. The van der Waals surface area contributed by atoms with E-state index in [2.05, 4.69) is 9.82 Å². The van der Waals surface area contributed by atoms with Gasteiger partial charge in [0.05, 0.1) is 11.2 Å². The molecule has 3 nitrogen and oxygen atoms in total. The molecular formula is C10H11ClN2O. The van der Waals surface area contributed by atoms with Crippen LogP contribution in [-0.4, -0.2) is 4.98 Å². The van der Waals surface area contributed by atoms with Crippen molar-refractivity contribution in [1.82, 2.24) is 4.98 Å². The summed E-state index contributed by atoms with van der Waals surface area (Å²) in [6.45, 7) is 0.352. The van der Waals surface area contributed by atoms with Crippen LogP contribution in [0.1, 0.15) is 5.69 Å². The van der Waals surface area contributed by atoms with Crippen molar-refractivity contribution in [2.24, 2.45) is 5.90 Å². The zero-order chi connectivity index (χ0) is 9.10. The van der Waals surface area contributed by atoms with E-state index >= 15 is 0 Å². The van der Waals surface area contributed by atoms with Crippen molar-refractivity contribution in [3.8, 4) is 0 Å². The molecule has 74 valence electrons. The van der Waals surface area contributed by atoms with Crippen molar-refractivity contribution >= 4 is 23.3 Å². The minimum atomic E-state index is 0. The minimum Gasteiger partial charge on any atom is -0.298 e. The van der Waals surface area contributed by atoms with E-state index in [-0.39, 0.29) is 12.4 Å². The van der Waals surface area contributed by atoms with Crippen molar-refractivity contribution in [2.45, 2.75) is 6.61 Å². The Morgan fingerprint density at radius 3 is 2.71 bits per heavy atom. The van der Waals surface area contributed by atoms with Crippen LogP contribution in [0.2, 0.25) is 0 Å². The Hall–Kier alpha value is -1.16. The van der Waals surface area contributed by atoms with Gasteiger partial charge < -0.3 is 0 Å². The van der Waals surface area contributed by atoms with E-state index in [1.54, 1.807) is 0 Å². The van der Waals surface area contributed by atoms with Gasteiger partial charge in [0.1, 0.15) is 6.61 Å². The second-order valence-corrected chi connectivity index (χ2v) is 2.81. The van der Waals surface area contributed by atoms with E-state index in [4.69, 9.17) is 5.90 Å². The Kier molecular flexibility index (Phi) is 3.83. The fourth-order valence-corrected chi connectivity index (χ4v) is 1.27. The minimum absolute atomic E-state index is 0. The van der Waals surface area contributed by atoms with Gasteiger partial charge in [0.15, 0.2) is 0 Å². The van der Waals surface area contributed by atoms with Gasteiger partial charge in [-0.25, -0.2) is 5.90 Å². The van der Waals surface area contributed by atoms with Gasteiger partial charge in [-0.3, -0.25) is 9.82 Å². The summed E-state index contributed by atoms with van der Waals surface area (Å²) in [6, 6.07) is 11.9. The quantitative estimate of drug-likeness (QED) is 0.772. The van der Waals surface area contributed by atoms with Crippen LogP contribution in [0.25, 0.3) is 10.9 Å². The van der Waals surface area contributed by atoms with E-state index in [1.165, 1.54) is 0 Å². The fraction of sp³-hybridized carbons (Fsp3) is 0.100. The third kappa shape index (κ3) is 2.20. The van der Waals surface area contributed by atoms with Crippen LogP contribution < -0.4 is 5.90 Å². The monoisotopic (exact) mass is 210 g/mol. The molecule has 4 heteroatoms. The molecule has 0 aliphatic carbocycles. The standard InChI is InChI=1S/C10H10N2O.ClH/c11-13-7-9-6-5-8-3-1-2-4-10(8)12-9;/h1-6H,7,11H2;1H. The number of para-hydroxylation sites is 1. The molecular weight excluding hydrogens is 200 g/mol. The molecule has 14 heavy (non-hydrogen) atoms. The number of hydrogen-bond donors (Lipinski definition) is 1. The van der Waals surface area contributed by atoms with Crippen LogP contribution in [0.4, 0.5) is 0 Å². The summed E-state index contributed by atoms with van der Waals surface area (Å²) in [4.78, 5) is 8.87. The summed E-state index contributed by atoms with van der Waals surface area (Å²) in [6.07, 6.45) is 0. The summed E-state index contributed by atoms with van der Waals surface area (Å²) in [5.74, 6) is 4.96. The first-order valence-electron chi connectivity index (χ1n) is 4.06. The van der Waals surface area contributed by atoms with Crippen molar-refractivity contribution in [3.05, 3.63) is 42.1 Å². The summed E-state index contributed by atoms with van der Waals surface area (Å²) >= 11 is 0. The molecule has 1 heterocycles. The molecule has 0 radical (unpaired) electrons. The topological polar surface area (TPSA) is 48.1 Å². The van der Waals surface area contributed by atoms with Crippen molar-refractivity contribution in [1.29, 1.82) is 0 Å². The van der Waals surface area contributed by atoms with Gasteiger partial charge in [-0.2, -0.15) is 0 Å². The van der Waals surface area contributed by atoms with E-state index in [0.29, 0.717) is 6.61 Å². The SMILES string of the molecule is Cl.NOCc1ccc2ccccc2n1. The number of nitrogens with two attached hydrogens (primary N) is 1. The maximum Gasteiger partial charge on any atom is 0.110 e. The van der Waals surface area contributed by atoms with E-state index < -0.39 is 0 Å². The van der Waals surface area contributed by atoms with Crippen LogP contribution in [0.15, 0.2) is 36.4 Å². The van der Waals surface area contributed by atoms with Crippen LogP contribution >= 0.6 is 12.4 Å². The summed E-state index contributed by atoms with van der Waals surface area (Å²) in [7, 11) is 0. The number of benzene rings is 1. The Morgan fingerprint density at radius 1 is 1.14 bits per heavy atom. The molecule has 2 aromatic rings. The van der Waals surface area contributed by atoms with Gasteiger partial charge in [0.2, 0.25) is 0 Å². The summed E-state index contributed by atoms with van der Waals surface area (Å²) < 4.78 is 0. The van der Waals surface area contributed by atoms with E-state index in [0.717, 1.165) is 16.6 Å². The zero-order valence-corrected chi connectivity index (χ0v) is 8.33. The van der Waals surface area contributed by atoms with Crippen LogP contribution in [0.3, 0.4) is 0 Å². The predicted molar refractivity (Wildman–Crippen MR) is 58.0 cm³/mol. The lowest BCUT2D eigenvalue weighted by Crippen LogP contribution is -2.00. The van der Waals surface area contributed by atoms with Gasteiger partial charge in [0, 0.05) is 5.39 Å². The molecule has 0 aliphatic heterocycles. The Bertz CT molecular complexity index is 420. The van der Waals surface area contributed by atoms with Crippen molar-refractivity contribution < 1.29 is 4.84 Å². The number of halogens is 1. The second kappa shape index (κ2) is 4.91. The molecule has 0 aliphatic rings.